The highest BCUT2D eigenvalue weighted by atomic mass is 19.1. The van der Waals surface area contributed by atoms with E-state index in [1.54, 1.807) is 7.05 Å². The van der Waals surface area contributed by atoms with Gasteiger partial charge in [0.1, 0.15) is 6.17 Å². The van der Waals surface area contributed by atoms with Crippen molar-refractivity contribution in [3.63, 3.8) is 0 Å². The van der Waals surface area contributed by atoms with Crippen LogP contribution < -0.4 is 5.32 Å². The highest BCUT2D eigenvalue weighted by Gasteiger charge is 2.02. The van der Waals surface area contributed by atoms with Crippen molar-refractivity contribution in [3.8, 4) is 0 Å². The molecule has 0 aromatic heterocycles. The number of alkyl halides is 1. The summed E-state index contributed by atoms with van der Waals surface area (Å²) < 4.78 is 12.3. The van der Waals surface area contributed by atoms with Crippen LogP contribution in [0.1, 0.15) is 26.7 Å². The minimum atomic E-state index is -0.648. The molecule has 0 bridgehead atoms. The molecule has 0 rings (SSSR count). The lowest BCUT2D eigenvalue weighted by Gasteiger charge is -2.10. The fourth-order valence-corrected chi connectivity index (χ4v) is 0.702. The molecule has 1 unspecified atom stereocenters. The maximum Gasteiger partial charge on any atom is 0.219 e. The maximum atomic E-state index is 12.3. The molecule has 0 aliphatic heterocycles. The highest BCUT2D eigenvalue weighted by molar-refractivity contribution is 5.74. The van der Waals surface area contributed by atoms with E-state index >= 15 is 0 Å². The van der Waals surface area contributed by atoms with E-state index in [2.05, 4.69) is 5.32 Å². The Morgan fingerprint density at radius 2 is 1.93 bits per heavy atom. The third-order valence-corrected chi connectivity index (χ3v) is 1.61. The third-order valence-electron chi connectivity index (χ3n) is 1.61. The summed E-state index contributed by atoms with van der Waals surface area (Å²) in [5.41, 5.74) is 0. The molecule has 0 saturated carbocycles. The highest BCUT2D eigenvalue weighted by Crippen LogP contribution is 1.96. The summed E-state index contributed by atoms with van der Waals surface area (Å²) in [7, 11) is 5.39. The maximum absolute atomic E-state index is 12.3. The van der Waals surface area contributed by atoms with Gasteiger partial charge in [0.25, 0.3) is 0 Å². The molecule has 0 aromatic rings. The van der Waals surface area contributed by atoms with Crippen molar-refractivity contribution in [2.75, 3.05) is 27.7 Å². The Labute approximate surface area is 86.7 Å². The Kier molecular flexibility index (Phi) is 11.8. The second-order valence-electron chi connectivity index (χ2n) is 3.29. The molecule has 4 heteroatoms. The molecule has 1 atom stereocenters. The summed E-state index contributed by atoms with van der Waals surface area (Å²) in [5.74, 6) is 0.0926. The smallest absolute Gasteiger partial charge is 0.219 e. The van der Waals surface area contributed by atoms with Crippen LogP contribution in [0.4, 0.5) is 4.39 Å². The summed E-state index contributed by atoms with van der Waals surface area (Å²) >= 11 is 0. The molecular formula is C10H23FN2O. The molecule has 0 aromatic carbocycles. The van der Waals surface area contributed by atoms with Crippen molar-refractivity contribution in [3.05, 3.63) is 0 Å². The molecule has 14 heavy (non-hydrogen) atoms. The molecule has 0 heterocycles. The lowest BCUT2D eigenvalue weighted by molar-refractivity contribution is -0.120. The minimum absolute atomic E-state index is 0.0926. The average molecular weight is 206 g/mol. The molecule has 1 N–H and O–H groups in total. The monoisotopic (exact) mass is 206 g/mol. The largest absolute Gasteiger partial charge is 0.359 e. The summed E-state index contributed by atoms with van der Waals surface area (Å²) in [4.78, 5) is 11.9. The van der Waals surface area contributed by atoms with Crippen LogP contribution in [0.3, 0.4) is 0 Å². The molecule has 0 spiro atoms. The molecule has 1 amide bonds. The van der Waals surface area contributed by atoms with Crippen LogP contribution in [0.15, 0.2) is 0 Å². The average Bonchev–Trinajstić information content (AvgIpc) is 2.16. The van der Waals surface area contributed by atoms with E-state index in [1.807, 2.05) is 32.8 Å². The van der Waals surface area contributed by atoms with Gasteiger partial charge in [-0.2, -0.15) is 0 Å². The number of carbonyl (C=O) groups excluding carboxylic acids is 1. The van der Waals surface area contributed by atoms with Gasteiger partial charge in [-0.25, -0.2) is 4.39 Å². The van der Waals surface area contributed by atoms with E-state index in [9.17, 15) is 9.18 Å². The Bertz CT molecular complexity index is 134. The molecule has 0 aliphatic rings. The summed E-state index contributed by atoms with van der Waals surface area (Å²) in [6.45, 7) is 4.23. The zero-order chi connectivity index (χ0) is 11.6. The van der Waals surface area contributed by atoms with Gasteiger partial charge in [-0.05, 0) is 20.5 Å². The summed E-state index contributed by atoms with van der Waals surface area (Å²) in [6, 6.07) is 0. The number of rotatable bonds is 4. The van der Waals surface area contributed by atoms with Gasteiger partial charge in [-0.3, -0.25) is 4.79 Å². The number of hydrogen-bond acceptors (Lipinski definition) is 2. The van der Waals surface area contributed by atoms with Crippen molar-refractivity contribution >= 4 is 5.91 Å². The van der Waals surface area contributed by atoms with Crippen LogP contribution >= 0.6 is 0 Å². The predicted octanol–water partition coefficient (Wildman–Crippen LogP) is 1.44. The summed E-state index contributed by atoms with van der Waals surface area (Å²) in [6.07, 6.45) is 0.555. The molecule has 86 valence electrons. The van der Waals surface area contributed by atoms with Gasteiger partial charge in [-0.15, -0.1) is 0 Å². The first kappa shape index (κ1) is 15.8. The van der Waals surface area contributed by atoms with E-state index in [0.717, 1.165) is 0 Å². The van der Waals surface area contributed by atoms with Gasteiger partial charge in [-0.1, -0.05) is 13.8 Å². The number of carbonyl (C=O) groups is 1. The first-order chi connectivity index (χ1) is 6.47. The van der Waals surface area contributed by atoms with Gasteiger partial charge in [0, 0.05) is 20.0 Å². The molecule has 3 nitrogen and oxygen atoms in total. The van der Waals surface area contributed by atoms with Crippen LogP contribution in [0.2, 0.25) is 0 Å². The lowest BCUT2D eigenvalue weighted by atomic mass is 10.3. The van der Waals surface area contributed by atoms with Crippen molar-refractivity contribution < 1.29 is 9.18 Å². The Morgan fingerprint density at radius 3 is 2.00 bits per heavy atom. The van der Waals surface area contributed by atoms with Crippen LogP contribution in [0, 0.1) is 0 Å². The third kappa shape index (κ3) is 13.9. The van der Waals surface area contributed by atoms with Crippen LogP contribution in [0.5, 0.6) is 0 Å². The van der Waals surface area contributed by atoms with E-state index in [1.165, 1.54) is 0 Å². The normalized spacial score (nSPS) is 11.6. The van der Waals surface area contributed by atoms with E-state index in [-0.39, 0.29) is 5.91 Å². The first-order valence-electron chi connectivity index (χ1n) is 4.97. The van der Waals surface area contributed by atoms with Gasteiger partial charge in [0.2, 0.25) is 5.91 Å². The number of nitrogens with one attached hydrogen (secondary N) is 1. The second-order valence-corrected chi connectivity index (χ2v) is 3.29. The minimum Gasteiger partial charge on any atom is -0.359 e. The van der Waals surface area contributed by atoms with E-state index in [0.29, 0.717) is 19.4 Å². The lowest BCUT2D eigenvalue weighted by Crippen LogP contribution is -2.21. The molecule has 0 fully saturated rings. The molecule has 0 aliphatic carbocycles. The first-order valence-corrected chi connectivity index (χ1v) is 4.97. The number of hydrogen-bond donors (Lipinski definition) is 1. The van der Waals surface area contributed by atoms with Crippen LogP contribution in [-0.4, -0.2) is 44.7 Å². The van der Waals surface area contributed by atoms with Gasteiger partial charge >= 0.3 is 0 Å². The fourth-order valence-electron chi connectivity index (χ4n) is 0.702. The summed E-state index contributed by atoms with van der Waals surface area (Å²) in [5, 5.41) is 2.48. The van der Waals surface area contributed by atoms with Crippen molar-refractivity contribution in [2.45, 2.75) is 32.9 Å². The van der Waals surface area contributed by atoms with Gasteiger partial charge < -0.3 is 10.2 Å². The van der Waals surface area contributed by atoms with E-state index in [4.69, 9.17) is 0 Å². The van der Waals surface area contributed by atoms with Crippen LogP contribution in [-0.2, 0) is 4.79 Å². The van der Waals surface area contributed by atoms with Gasteiger partial charge in [0.15, 0.2) is 0 Å². The molecule has 0 radical (unpaired) electrons. The van der Waals surface area contributed by atoms with E-state index < -0.39 is 6.17 Å². The topological polar surface area (TPSA) is 32.3 Å². The van der Waals surface area contributed by atoms with Crippen molar-refractivity contribution in [1.82, 2.24) is 10.2 Å². The quantitative estimate of drug-likeness (QED) is 0.755. The molecule has 0 saturated heterocycles. The van der Waals surface area contributed by atoms with Gasteiger partial charge in [0.05, 0.1) is 0 Å². The SMILES string of the molecule is CCC(=O)NC.CCC(F)CN(C)C. The zero-order valence-corrected chi connectivity index (χ0v) is 9.93. The number of amides is 1. The predicted molar refractivity (Wildman–Crippen MR) is 58.1 cm³/mol. The number of halogens is 1. The second kappa shape index (κ2) is 10.4. The molecular weight excluding hydrogens is 183 g/mol. The Hall–Kier alpha value is -0.640. The number of nitrogens with zero attached hydrogens (tertiary/aromatic N) is 1. The zero-order valence-electron chi connectivity index (χ0n) is 9.93. The van der Waals surface area contributed by atoms with Crippen molar-refractivity contribution in [2.24, 2.45) is 0 Å². The standard InChI is InChI=1S/C6H14FN.C4H9NO/c1-4-6(7)5-8(2)3;1-3-4(6)5-2/h6H,4-5H2,1-3H3;3H2,1-2H3,(H,5,6). The fraction of sp³-hybridized carbons (Fsp3) is 0.900. The Balaban J connectivity index is 0. The van der Waals surface area contributed by atoms with Crippen LogP contribution in [0.25, 0.3) is 0 Å². The Morgan fingerprint density at radius 1 is 1.43 bits per heavy atom. The van der Waals surface area contributed by atoms with Crippen molar-refractivity contribution in [1.29, 1.82) is 0 Å².